The van der Waals surface area contributed by atoms with Gasteiger partial charge in [0.05, 0.1) is 22.5 Å². The van der Waals surface area contributed by atoms with Crippen molar-refractivity contribution < 1.29 is 32.7 Å². The van der Waals surface area contributed by atoms with Gasteiger partial charge in [0.1, 0.15) is 0 Å². The van der Waals surface area contributed by atoms with Crippen LogP contribution in [-0.2, 0) is 15.8 Å². The Labute approximate surface area is 155 Å². The van der Waals surface area contributed by atoms with Crippen LogP contribution in [0.2, 0.25) is 0 Å². The Balaban J connectivity index is 1.87. The molecule has 1 unspecified atom stereocenters. The number of halogens is 3. The topological polar surface area (TPSA) is 77.5 Å². The summed E-state index contributed by atoms with van der Waals surface area (Å²) in [6.07, 6.45) is -4.86. The van der Waals surface area contributed by atoms with Gasteiger partial charge in [-0.3, -0.25) is 9.59 Å². The Kier molecular flexibility index (Phi) is 4.97. The summed E-state index contributed by atoms with van der Waals surface area (Å²) in [4.78, 5) is 37.0. The highest BCUT2D eigenvalue weighted by molar-refractivity contribution is 8.00. The van der Waals surface area contributed by atoms with Gasteiger partial charge in [-0.25, -0.2) is 4.90 Å². The monoisotopic (exact) mass is 394 g/mol. The van der Waals surface area contributed by atoms with E-state index in [1.54, 1.807) is 6.07 Å². The molecule has 9 heteroatoms. The molecule has 0 N–H and O–H groups in total. The molecule has 0 radical (unpaired) electrons. The molecule has 140 valence electrons. The van der Waals surface area contributed by atoms with E-state index in [0.29, 0.717) is 4.90 Å². The van der Waals surface area contributed by atoms with Gasteiger partial charge in [-0.1, -0.05) is 24.3 Å². The van der Waals surface area contributed by atoms with E-state index in [9.17, 15) is 32.7 Å². The first-order valence-corrected chi connectivity index (χ1v) is 8.57. The molecule has 1 atom stereocenters. The summed E-state index contributed by atoms with van der Waals surface area (Å²) in [5, 5.41) is 10.2. The van der Waals surface area contributed by atoms with Crippen LogP contribution < -0.4 is 10.0 Å². The number of alkyl halides is 3. The third-order valence-electron chi connectivity index (χ3n) is 3.91. The van der Waals surface area contributed by atoms with Crippen LogP contribution in [0.1, 0.15) is 22.3 Å². The van der Waals surface area contributed by atoms with E-state index in [1.807, 2.05) is 0 Å². The zero-order valence-electron chi connectivity index (χ0n) is 13.5. The highest BCUT2D eigenvalue weighted by atomic mass is 32.2. The second kappa shape index (κ2) is 7.07. The van der Waals surface area contributed by atoms with Crippen LogP contribution in [0, 0.1) is 0 Å². The van der Waals surface area contributed by atoms with E-state index >= 15 is 0 Å². The van der Waals surface area contributed by atoms with Gasteiger partial charge in [0.15, 0.2) is 0 Å². The van der Waals surface area contributed by atoms with Gasteiger partial charge in [-0.2, -0.15) is 13.2 Å². The maximum atomic E-state index is 12.9. The number of imide groups is 1. The zero-order valence-corrected chi connectivity index (χ0v) is 14.3. The molecule has 0 aliphatic carbocycles. The van der Waals surface area contributed by atoms with E-state index in [0.717, 1.165) is 30.0 Å². The summed E-state index contributed by atoms with van der Waals surface area (Å²) in [6, 6.07) is 9.78. The fourth-order valence-electron chi connectivity index (χ4n) is 2.68. The average Bonchev–Trinajstić information content (AvgIpc) is 2.88. The van der Waals surface area contributed by atoms with E-state index < -0.39 is 34.8 Å². The van der Waals surface area contributed by atoms with Crippen LogP contribution in [-0.4, -0.2) is 23.0 Å². The molecule has 2 aromatic rings. The zero-order chi connectivity index (χ0) is 19.8. The number of rotatable bonds is 4. The van der Waals surface area contributed by atoms with Crippen LogP contribution in [0.15, 0.2) is 53.4 Å². The maximum absolute atomic E-state index is 12.9. The van der Waals surface area contributed by atoms with Crippen LogP contribution in [0.5, 0.6) is 0 Å². The number of amides is 2. The summed E-state index contributed by atoms with van der Waals surface area (Å²) in [5.41, 5.74) is -1.27. The normalized spacial score (nSPS) is 17.4. The number of aromatic carboxylic acids is 1. The molecule has 0 spiro atoms. The number of hydrogen-bond acceptors (Lipinski definition) is 5. The van der Waals surface area contributed by atoms with Gasteiger partial charge in [0.25, 0.3) is 0 Å². The van der Waals surface area contributed by atoms with Crippen molar-refractivity contribution in [2.24, 2.45) is 0 Å². The van der Waals surface area contributed by atoms with E-state index in [2.05, 4.69) is 0 Å². The van der Waals surface area contributed by atoms with Crippen LogP contribution in [0.4, 0.5) is 18.9 Å². The van der Waals surface area contributed by atoms with Crippen molar-refractivity contribution in [3.63, 3.8) is 0 Å². The fraction of sp³-hybridized carbons (Fsp3) is 0.167. The first-order valence-electron chi connectivity index (χ1n) is 7.69. The molecule has 1 aliphatic rings. The SMILES string of the molecule is O=C([O-])c1ccccc1SC1CC(=O)N(c2cccc(C(F)(F)F)c2)C1=O. The van der Waals surface area contributed by atoms with Crippen molar-refractivity contribution in [1.82, 2.24) is 0 Å². The lowest BCUT2D eigenvalue weighted by atomic mass is 10.2. The van der Waals surface area contributed by atoms with E-state index in [4.69, 9.17) is 0 Å². The number of benzene rings is 2. The van der Waals surface area contributed by atoms with Gasteiger partial charge in [0, 0.05) is 16.9 Å². The Morgan fingerprint density at radius 2 is 1.81 bits per heavy atom. The lowest BCUT2D eigenvalue weighted by Gasteiger charge is -2.17. The molecule has 1 fully saturated rings. The summed E-state index contributed by atoms with van der Waals surface area (Å²) < 4.78 is 38.6. The number of carboxylic acids is 1. The molecule has 1 aliphatic heterocycles. The van der Waals surface area contributed by atoms with Gasteiger partial charge in [-0.05, 0) is 24.3 Å². The van der Waals surface area contributed by atoms with E-state index in [-0.39, 0.29) is 22.6 Å². The van der Waals surface area contributed by atoms with Crippen LogP contribution in [0.25, 0.3) is 0 Å². The van der Waals surface area contributed by atoms with Crippen molar-refractivity contribution in [2.45, 2.75) is 22.7 Å². The number of nitrogens with zero attached hydrogens (tertiary/aromatic N) is 1. The number of carbonyl (C=O) groups is 3. The molecule has 0 saturated carbocycles. The lowest BCUT2D eigenvalue weighted by Crippen LogP contribution is -2.31. The first-order chi connectivity index (χ1) is 12.7. The Morgan fingerprint density at radius 1 is 1.11 bits per heavy atom. The number of hydrogen-bond donors (Lipinski definition) is 0. The van der Waals surface area contributed by atoms with Crippen molar-refractivity contribution in [1.29, 1.82) is 0 Å². The minimum atomic E-state index is -4.61. The summed E-state index contributed by atoms with van der Waals surface area (Å²) in [6.45, 7) is 0. The van der Waals surface area contributed by atoms with Gasteiger partial charge < -0.3 is 9.90 Å². The Hall–Kier alpha value is -2.81. The molecular weight excluding hydrogens is 383 g/mol. The number of anilines is 1. The predicted molar refractivity (Wildman–Crippen MR) is 89.0 cm³/mol. The molecule has 1 saturated heterocycles. The second-order valence-corrected chi connectivity index (χ2v) is 6.95. The third kappa shape index (κ3) is 3.82. The quantitative estimate of drug-likeness (QED) is 0.745. The largest absolute Gasteiger partial charge is 0.545 e. The van der Waals surface area contributed by atoms with Crippen molar-refractivity contribution in [3.8, 4) is 0 Å². The average molecular weight is 394 g/mol. The molecule has 2 amide bonds. The van der Waals surface area contributed by atoms with Gasteiger partial charge in [0.2, 0.25) is 11.8 Å². The third-order valence-corrected chi connectivity index (χ3v) is 5.18. The van der Waals surface area contributed by atoms with E-state index in [1.165, 1.54) is 24.3 Å². The molecular formula is C18H11F3NO4S-. The van der Waals surface area contributed by atoms with Crippen LogP contribution in [0.3, 0.4) is 0 Å². The fourth-order valence-corrected chi connectivity index (χ4v) is 3.85. The summed E-state index contributed by atoms with van der Waals surface area (Å²) in [5.74, 6) is -2.77. The molecule has 2 aromatic carbocycles. The molecule has 1 heterocycles. The van der Waals surface area contributed by atoms with Gasteiger partial charge >= 0.3 is 6.18 Å². The molecule has 0 bridgehead atoms. The smallest absolute Gasteiger partial charge is 0.416 e. The number of carbonyl (C=O) groups excluding carboxylic acids is 3. The highest BCUT2D eigenvalue weighted by Gasteiger charge is 2.41. The Morgan fingerprint density at radius 3 is 2.48 bits per heavy atom. The van der Waals surface area contributed by atoms with Gasteiger partial charge in [-0.15, -0.1) is 11.8 Å². The Bertz CT molecular complexity index is 929. The van der Waals surface area contributed by atoms with Crippen LogP contribution >= 0.6 is 11.8 Å². The minimum Gasteiger partial charge on any atom is -0.545 e. The number of thioether (sulfide) groups is 1. The first kappa shape index (κ1) is 19.0. The number of carboxylic acid groups (broad SMARTS) is 1. The van der Waals surface area contributed by atoms with Crippen molar-refractivity contribution >= 4 is 35.2 Å². The maximum Gasteiger partial charge on any atom is 0.416 e. The summed E-state index contributed by atoms with van der Waals surface area (Å²) >= 11 is 0.871. The molecule has 5 nitrogen and oxygen atoms in total. The van der Waals surface area contributed by atoms with Crippen molar-refractivity contribution in [2.75, 3.05) is 4.90 Å². The second-order valence-electron chi connectivity index (χ2n) is 5.71. The molecule has 0 aromatic heterocycles. The highest BCUT2D eigenvalue weighted by Crippen LogP contribution is 2.37. The lowest BCUT2D eigenvalue weighted by molar-refractivity contribution is -0.255. The molecule has 27 heavy (non-hydrogen) atoms. The van der Waals surface area contributed by atoms with Crippen molar-refractivity contribution in [3.05, 3.63) is 59.7 Å². The predicted octanol–water partition coefficient (Wildman–Crippen LogP) is 2.49. The summed E-state index contributed by atoms with van der Waals surface area (Å²) in [7, 11) is 0. The minimum absolute atomic E-state index is 0.125. The molecule has 3 rings (SSSR count). The standard InChI is InChI=1S/C18H12F3NO4S/c19-18(20,21)10-4-3-5-11(8-10)22-15(23)9-14(16(22)24)27-13-7-2-1-6-12(13)17(25)26/h1-8,14H,9H2,(H,25,26)/p-1.